The lowest BCUT2D eigenvalue weighted by Crippen LogP contribution is -2.15. The Hall–Kier alpha value is -1.46. The molecule has 0 aliphatic heterocycles. The van der Waals surface area contributed by atoms with Crippen molar-refractivity contribution in [3.63, 3.8) is 0 Å². The smallest absolute Gasteiger partial charge is 0.411 e. The average Bonchev–Trinajstić information content (AvgIpc) is 2.26. The minimum Gasteiger partial charge on any atom is -0.495 e. The maximum Gasteiger partial charge on any atom is 0.411 e. The normalized spacial score (nSPS) is 9.69. The molecule has 0 aliphatic rings. The van der Waals surface area contributed by atoms with Crippen LogP contribution in [0.25, 0.3) is 0 Å². The number of carbonyl (C=O) groups is 1. The van der Waals surface area contributed by atoms with Gasteiger partial charge in [0.1, 0.15) is 12.4 Å². The van der Waals surface area contributed by atoms with E-state index in [0.29, 0.717) is 16.5 Å². The summed E-state index contributed by atoms with van der Waals surface area (Å²) in [6.07, 6.45) is -0.643. The van der Waals surface area contributed by atoms with E-state index in [1.165, 1.54) is 7.11 Å². The predicted molar refractivity (Wildman–Crippen MR) is 60.1 cm³/mol. The van der Waals surface area contributed by atoms with Crippen LogP contribution >= 0.6 is 11.6 Å². The van der Waals surface area contributed by atoms with Gasteiger partial charge in [0.15, 0.2) is 0 Å². The van der Waals surface area contributed by atoms with Gasteiger partial charge in [-0.2, -0.15) is 0 Å². The van der Waals surface area contributed by atoms with Crippen molar-refractivity contribution in [2.45, 2.75) is 0 Å². The summed E-state index contributed by atoms with van der Waals surface area (Å²) >= 11 is 5.86. The van der Waals surface area contributed by atoms with Gasteiger partial charge >= 0.3 is 6.09 Å². The summed E-state index contributed by atoms with van der Waals surface area (Å²) in [5, 5.41) is 11.3. The van der Waals surface area contributed by atoms with Gasteiger partial charge in [0.2, 0.25) is 0 Å². The Morgan fingerprint density at radius 2 is 2.31 bits per heavy atom. The molecule has 0 heterocycles. The molecule has 2 N–H and O–H groups in total. The molecule has 0 unspecified atom stereocenters. The Morgan fingerprint density at radius 1 is 1.56 bits per heavy atom. The first-order valence-electron chi connectivity index (χ1n) is 4.55. The van der Waals surface area contributed by atoms with E-state index in [0.717, 1.165) is 0 Å². The van der Waals surface area contributed by atoms with E-state index in [1.54, 1.807) is 18.2 Å². The summed E-state index contributed by atoms with van der Waals surface area (Å²) in [6.45, 7) is -0.257. The van der Waals surface area contributed by atoms with Crippen molar-refractivity contribution >= 4 is 23.4 Å². The van der Waals surface area contributed by atoms with E-state index in [2.05, 4.69) is 10.1 Å². The van der Waals surface area contributed by atoms with Crippen molar-refractivity contribution in [2.24, 2.45) is 0 Å². The number of aliphatic hydroxyl groups excluding tert-OH is 1. The molecule has 6 heteroatoms. The number of nitrogens with one attached hydrogen (secondary N) is 1. The van der Waals surface area contributed by atoms with E-state index >= 15 is 0 Å². The third kappa shape index (κ3) is 3.60. The van der Waals surface area contributed by atoms with E-state index in [4.69, 9.17) is 21.4 Å². The number of amides is 1. The van der Waals surface area contributed by atoms with Crippen molar-refractivity contribution in [2.75, 3.05) is 25.6 Å². The zero-order valence-electron chi connectivity index (χ0n) is 8.70. The van der Waals surface area contributed by atoms with E-state index in [9.17, 15) is 4.79 Å². The van der Waals surface area contributed by atoms with Crippen LogP contribution in [-0.4, -0.2) is 31.5 Å². The van der Waals surface area contributed by atoms with Crippen LogP contribution in [0.4, 0.5) is 10.5 Å². The summed E-state index contributed by atoms with van der Waals surface area (Å²) in [5.74, 6) is 0.524. The molecule has 1 amide bonds. The molecule has 0 spiro atoms. The Morgan fingerprint density at radius 3 is 2.88 bits per heavy atom. The molecule has 0 radical (unpaired) electrons. The van der Waals surface area contributed by atoms with Gasteiger partial charge in [-0.25, -0.2) is 4.79 Å². The molecule has 1 rings (SSSR count). The minimum atomic E-state index is -0.643. The number of ether oxygens (including phenoxy) is 2. The zero-order valence-corrected chi connectivity index (χ0v) is 9.45. The van der Waals surface area contributed by atoms with Gasteiger partial charge < -0.3 is 14.6 Å². The van der Waals surface area contributed by atoms with Crippen LogP contribution in [0.1, 0.15) is 0 Å². The number of hydrogen-bond donors (Lipinski definition) is 2. The van der Waals surface area contributed by atoms with Gasteiger partial charge in [0.25, 0.3) is 0 Å². The van der Waals surface area contributed by atoms with E-state index < -0.39 is 6.09 Å². The van der Waals surface area contributed by atoms with Crippen molar-refractivity contribution in [3.8, 4) is 5.75 Å². The average molecular weight is 246 g/mol. The van der Waals surface area contributed by atoms with Crippen molar-refractivity contribution < 1.29 is 19.4 Å². The largest absolute Gasteiger partial charge is 0.495 e. The number of methoxy groups -OCH3 is 1. The van der Waals surface area contributed by atoms with Crippen LogP contribution in [0, 0.1) is 0 Å². The SMILES string of the molecule is COc1ccc(NC(=O)OCCO)cc1Cl. The molecule has 0 fully saturated rings. The zero-order chi connectivity index (χ0) is 12.0. The van der Waals surface area contributed by atoms with Gasteiger partial charge in [-0.3, -0.25) is 5.32 Å². The monoisotopic (exact) mass is 245 g/mol. The molecule has 0 saturated carbocycles. The van der Waals surface area contributed by atoms with Crippen molar-refractivity contribution in [1.82, 2.24) is 0 Å². The maximum absolute atomic E-state index is 11.1. The molecule has 16 heavy (non-hydrogen) atoms. The van der Waals surface area contributed by atoms with Crippen LogP contribution in [0.15, 0.2) is 18.2 Å². The lowest BCUT2D eigenvalue weighted by Gasteiger charge is -2.08. The maximum atomic E-state index is 11.1. The summed E-state index contributed by atoms with van der Waals surface area (Å²) in [6, 6.07) is 4.80. The molecule has 0 atom stereocenters. The molecule has 0 bridgehead atoms. The molecule has 0 aliphatic carbocycles. The highest BCUT2D eigenvalue weighted by atomic mass is 35.5. The van der Waals surface area contributed by atoms with Crippen molar-refractivity contribution in [3.05, 3.63) is 23.2 Å². The fourth-order valence-electron chi connectivity index (χ4n) is 1.04. The van der Waals surface area contributed by atoms with Crippen LogP contribution in [0.2, 0.25) is 5.02 Å². The van der Waals surface area contributed by atoms with Crippen LogP contribution < -0.4 is 10.1 Å². The molecule has 88 valence electrons. The lowest BCUT2D eigenvalue weighted by molar-refractivity contribution is 0.131. The fourth-order valence-corrected chi connectivity index (χ4v) is 1.29. The first kappa shape index (κ1) is 12.6. The first-order valence-corrected chi connectivity index (χ1v) is 4.93. The Balaban J connectivity index is 2.61. The quantitative estimate of drug-likeness (QED) is 0.850. The number of anilines is 1. The Kier molecular flexibility index (Phi) is 4.88. The second kappa shape index (κ2) is 6.19. The first-order chi connectivity index (χ1) is 7.67. The minimum absolute atomic E-state index is 0.0459. The summed E-state index contributed by atoms with van der Waals surface area (Å²) in [7, 11) is 1.50. The Bertz CT molecular complexity index is 370. The topological polar surface area (TPSA) is 67.8 Å². The third-order valence-electron chi connectivity index (χ3n) is 1.72. The molecule has 1 aromatic carbocycles. The molecule has 5 nitrogen and oxygen atoms in total. The lowest BCUT2D eigenvalue weighted by atomic mass is 10.3. The van der Waals surface area contributed by atoms with Gasteiger partial charge in [-0.15, -0.1) is 0 Å². The molecular weight excluding hydrogens is 234 g/mol. The summed E-state index contributed by atoms with van der Waals surface area (Å²) in [4.78, 5) is 11.1. The van der Waals surface area contributed by atoms with Gasteiger partial charge in [-0.1, -0.05) is 11.6 Å². The number of rotatable bonds is 4. The Labute approximate surface area is 97.9 Å². The van der Waals surface area contributed by atoms with E-state index in [-0.39, 0.29) is 13.2 Å². The highest BCUT2D eigenvalue weighted by Crippen LogP contribution is 2.27. The number of benzene rings is 1. The number of aliphatic hydroxyl groups is 1. The molecule has 0 saturated heterocycles. The van der Waals surface area contributed by atoms with Crippen LogP contribution in [-0.2, 0) is 4.74 Å². The summed E-state index contributed by atoms with van der Waals surface area (Å²) < 4.78 is 9.58. The second-order valence-corrected chi connectivity index (χ2v) is 3.24. The highest BCUT2D eigenvalue weighted by molar-refractivity contribution is 6.32. The number of halogens is 1. The van der Waals surface area contributed by atoms with Gasteiger partial charge in [-0.05, 0) is 18.2 Å². The number of hydrogen-bond acceptors (Lipinski definition) is 4. The number of carbonyl (C=O) groups excluding carboxylic acids is 1. The summed E-state index contributed by atoms with van der Waals surface area (Å²) in [5.41, 5.74) is 0.494. The highest BCUT2D eigenvalue weighted by Gasteiger charge is 2.05. The van der Waals surface area contributed by atoms with Crippen LogP contribution in [0.3, 0.4) is 0 Å². The van der Waals surface area contributed by atoms with Crippen LogP contribution in [0.5, 0.6) is 5.75 Å². The standard InChI is InChI=1S/C10H12ClNO4/c1-15-9-3-2-7(6-8(9)11)12-10(14)16-5-4-13/h2-3,6,13H,4-5H2,1H3,(H,12,14). The van der Waals surface area contributed by atoms with Gasteiger partial charge in [0.05, 0.1) is 18.7 Å². The van der Waals surface area contributed by atoms with E-state index in [1.807, 2.05) is 0 Å². The third-order valence-corrected chi connectivity index (χ3v) is 2.02. The van der Waals surface area contributed by atoms with Crippen molar-refractivity contribution in [1.29, 1.82) is 0 Å². The predicted octanol–water partition coefficient (Wildman–Crippen LogP) is 1.89. The fraction of sp³-hybridized carbons (Fsp3) is 0.300. The molecule has 0 aromatic heterocycles. The van der Waals surface area contributed by atoms with Gasteiger partial charge in [0, 0.05) is 5.69 Å². The molecule has 1 aromatic rings. The second-order valence-electron chi connectivity index (χ2n) is 2.83. The molecular formula is C10H12ClNO4.